The first-order valence-electron chi connectivity index (χ1n) is 8.16. The third-order valence-corrected chi connectivity index (χ3v) is 4.54. The van der Waals surface area contributed by atoms with E-state index in [0.717, 1.165) is 16.3 Å². The van der Waals surface area contributed by atoms with E-state index in [1.54, 1.807) is 11.4 Å². The monoisotopic (exact) mass is 383 g/mol. The van der Waals surface area contributed by atoms with Crippen LogP contribution in [-0.2, 0) is 17.8 Å². The standard InChI is InChI=1S/C19H17N3O4S/c1-13-5-7-17(8-6-13)26-11-19-21-15(12-27-19)10-18(23)20-14-3-2-4-16(9-14)22(24)25/h2-9,12H,10-11H2,1H3,(H,20,23). The molecule has 0 fully saturated rings. The van der Waals surface area contributed by atoms with Gasteiger partial charge in [-0.3, -0.25) is 14.9 Å². The quantitative estimate of drug-likeness (QED) is 0.489. The summed E-state index contributed by atoms with van der Waals surface area (Å²) >= 11 is 1.42. The fourth-order valence-corrected chi connectivity index (χ4v) is 3.05. The van der Waals surface area contributed by atoms with E-state index >= 15 is 0 Å². The number of aryl methyl sites for hydroxylation is 1. The molecule has 3 aromatic rings. The van der Waals surface area contributed by atoms with Crippen molar-refractivity contribution >= 4 is 28.6 Å². The lowest BCUT2D eigenvalue weighted by molar-refractivity contribution is -0.384. The number of hydrogen-bond donors (Lipinski definition) is 1. The molecule has 0 unspecified atom stereocenters. The van der Waals surface area contributed by atoms with Crippen molar-refractivity contribution in [3.63, 3.8) is 0 Å². The molecule has 0 aliphatic carbocycles. The minimum Gasteiger partial charge on any atom is -0.486 e. The summed E-state index contributed by atoms with van der Waals surface area (Å²) in [4.78, 5) is 26.8. The molecule has 0 saturated carbocycles. The van der Waals surface area contributed by atoms with Crippen molar-refractivity contribution in [1.82, 2.24) is 4.98 Å². The van der Waals surface area contributed by atoms with E-state index in [9.17, 15) is 14.9 Å². The van der Waals surface area contributed by atoms with Crippen molar-refractivity contribution in [3.8, 4) is 5.75 Å². The first-order chi connectivity index (χ1) is 13.0. The van der Waals surface area contributed by atoms with Crippen LogP contribution in [-0.4, -0.2) is 15.8 Å². The van der Waals surface area contributed by atoms with Gasteiger partial charge in [-0.1, -0.05) is 23.8 Å². The number of amides is 1. The fraction of sp³-hybridized carbons (Fsp3) is 0.158. The minimum absolute atomic E-state index is 0.0722. The van der Waals surface area contributed by atoms with Crippen molar-refractivity contribution in [2.24, 2.45) is 0 Å². The molecule has 8 heteroatoms. The maximum atomic E-state index is 12.1. The summed E-state index contributed by atoms with van der Waals surface area (Å²) < 4.78 is 5.68. The van der Waals surface area contributed by atoms with Gasteiger partial charge < -0.3 is 10.1 Å². The molecule has 3 rings (SSSR count). The fourth-order valence-electron chi connectivity index (χ4n) is 2.34. The van der Waals surface area contributed by atoms with Crippen molar-refractivity contribution < 1.29 is 14.5 Å². The number of non-ortho nitro benzene ring substituents is 1. The molecule has 7 nitrogen and oxygen atoms in total. The molecule has 2 aromatic carbocycles. The Bertz CT molecular complexity index is 954. The van der Waals surface area contributed by atoms with E-state index in [4.69, 9.17) is 4.74 Å². The molecule has 1 aromatic heterocycles. The zero-order valence-corrected chi connectivity index (χ0v) is 15.4. The van der Waals surface area contributed by atoms with E-state index in [2.05, 4.69) is 10.3 Å². The number of nitrogens with one attached hydrogen (secondary N) is 1. The molecule has 1 amide bonds. The van der Waals surface area contributed by atoms with Gasteiger partial charge in [0.15, 0.2) is 0 Å². The number of hydrogen-bond acceptors (Lipinski definition) is 6. The SMILES string of the molecule is Cc1ccc(OCc2nc(CC(=O)Nc3cccc([N+](=O)[O-])c3)cs2)cc1. The molecule has 27 heavy (non-hydrogen) atoms. The second kappa shape index (κ2) is 8.41. The largest absolute Gasteiger partial charge is 0.486 e. The summed E-state index contributed by atoms with van der Waals surface area (Å²) in [5, 5.41) is 16.0. The Morgan fingerprint density at radius 3 is 2.78 bits per heavy atom. The first-order valence-corrected chi connectivity index (χ1v) is 9.04. The van der Waals surface area contributed by atoms with E-state index in [0.29, 0.717) is 18.0 Å². The highest BCUT2D eigenvalue weighted by atomic mass is 32.1. The Hall–Kier alpha value is -3.26. The lowest BCUT2D eigenvalue weighted by Gasteiger charge is -2.04. The second-order valence-electron chi connectivity index (χ2n) is 5.87. The normalized spacial score (nSPS) is 10.4. The highest BCUT2D eigenvalue weighted by Gasteiger charge is 2.11. The van der Waals surface area contributed by atoms with Crippen molar-refractivity contribution in [1.29, 1.82) is 0 Å². The summed E-state index contributed by atoms with van der Waals surface area (Å²) in [6.07, 6.45) is 0.0870. The number of benzene rings is 2. The molecular weight excluding hydrogens is 366 g/mol. The van der Waals surface area contributed by atoms with Gasteiger partial charge >= 0.3 is 0 Å². The average molecular weight is 383 g/mol. The number of carbonyl (C=O) groups excluding carboxylic acids is 1. The Kier molecular flexibility index (Phi) is 5.77. The van der Waals surface area contributed by atoms with Gasteiger partial charge in [-0.25, -0.2) is 4.98 Å². The highest BCUT2D eigenvalue weighted by Crippen LogP contribution is 2.19. The Morgan fingerprint density at radius 2 is 2.04 bits per heavy atom. The predicted octanol–water partition coefficient (Wildman–Crippen LogP) is 4.12. The maximum absolute atomic E-state index is 12.1. The number of nitro benzene ring substituents is 1. The Labute approximate surface area is 159 Å². The molecule has 1 N–H and O–H groups in total. The van der Waals surface area contributed by atoms with Gasteiger partial charge in [0.2, 0.25) is 5.91 Å². The van der Waals surface area contributed by atoms with Gasteiger partial charge in [-0.05, 0) is 25.1 Å². The summed E-state index contributed by atoms with van der Waals surface area (Å²) in [5.41, 5.74) is 2.10. The number of thiazole rings is 1. The minimum atomic E-state index is -0.504. The van der Waals surface area contributed by atoms with Crippen LogP contribution in [0.1, 0.15) is 16.3 Å². The van der Waals surface area contributed by atoms with Crippen molar-refractivity contribution in [2.75, 3.05) is 5.32 Å². The van der Waals surface area contributed by atoms with Gasteiger partial charge in [-0.2, -0.15) is 0 Å². The van der Waals surface area contributed by atoms with Gasteiger partial charge in [0.1, 0.15) is 17.4 Å². The topological polar surface area (TPSA) is 94.4 Å². The highest BCUT2D eigenvalue weighted by molar-refractivity contribution is 7.09. The van der Waals surface area contributed by atoms with Crippen molar-refractivity contribution in [2.45, 2.75) is 20.0 Å². The second-order valence-corrected chi connectivity index (χ2v) is 6.81. The van der Waals surface area contributed by atoms with Gasteiger partial charge in [0.05, 0.1) is 17.0 Å². The summed E-state index contributed by atoms with van der Waals surface area (Å²) in [6.45, 7) is 2.34. The molecule has 0 aliphatic rings. The zero-order valence-electron chi connectivity index (χ0n) is 14.5. The van der Waals surface area contributed by atoms with E-state index in [1.165, 1.54) is 29.5 Å². The van der Waals surface area contributed by atoms with Crippen LogP contribution in [0.4, 0.5) is 11.4 Å². The lowest BCUT2D eigenvalue weighted by atomic mass is 10.2. The van der Waals surface area contributed by atoms with E-state index in [-0.39, 0.29) is 18.0 Å². The molecule has 1 heterocycles. The van der Waals surface area contributed by atoms with E-state index < -0.39 is 4.92 Å². The summed E-state index contributed by atoms with van der Waals surface area (Å²) in [6, 6.07) is 13.6. The molecule has 0 bridgehead atoms. The molecule has 0 saturated heterocycles. The molecular formula is C19H17N3O4S. The van der Waals surface area contributed by atoms with Gasteiger partial charge in [-0.15, -0.1) is 11.3 Å². The van der Waals surface area contributed by atoms with Crippen LogP contribution in [0.3, 0.4) is 0 Å². The van der Waals surface area contributed by atoms with Crippen LogP contribution in [0, 0.1) is 17.0 Å². The van der Waals surface area contributed by atoms with Crippen molar-refractivity contribution in [3.05, 3.63) is 80.3 Å². The molecule has 138 valence electrons. The number of nitrogens with zero attached hydrogens (tertiary/aromatic N) is 2. The van der Waals surface area contributed by atoms with Gasteiger partial charge in [0, 0.05) is 23.2 Å². The average Bonchev–Trinajstić information content (AvgIpc) is 3.08. The third kappa shape index (κ3) is 5.35. The number of ether oxygens (including phenoxy) is 1. The van der Waals surface area contributed by atoms with E-state index in [1.807, 2.05) is 31.2 Å². The maximum Gasteiger partial charge on any atom is 0.271 e. The lowest BCUT2D eigenvalue weighted by Crippen LogP contribution is -2.14. The summed E-state index contributed by atoms with van der Waals surface area (Å²) in [7, 11) is 0. The number of nitro groups is 1. The van der Waals surface area contributed by atoms with Crippen LogP contribution in [0.25, 0.3) is 0 Å². The van der Waals surface area contributed by atoms with Crippen LogP contribution < -0.4 is 10.1 Å². The number of aromatic nitrogens is 1. The van der Waals surface area contributed by atoms with Crippen LogP contribution in [0.5, 0.6) is 5.75 Å². The molecule has 0 aliphatic heterocycles. The molecule has 0 atom stereocenters. The Morgan fingerprint density at radius 1 is 1.26 bits per heavy atom. The predicted molar refractivity (Wildman–Crippen MR) is 103 cm³/mol. The molecule has 0 spiro atoms. The first kappa shape index (κ1) is 18.5. The summed E-state index contributed by atoms with van der Waals surface area (Å²) in [5.74, 6) is 0.479. The molecule has 0 radical (unpaired) electrons. The third-order valence-electron chi connectivity index (χ3n) is 3.67. The Balaban J connectivity index is 1.53. The van der Waals surface area contributed by atoms with Gasteiger partial charge in [0.25, 0.3) is 5.69 Å². The number of rotatable bonds is 7. The smallest absolute Gasteiger partial charge is 0.271 e. The number of carbonyl (C=O) groups is 1. The van der Waals surface area contributed by atoms with Crippen LogP contribution >= 0.6 is 11.3 Å². The number of anilines is 1. The van der Waals surface area contributed by atoms with Crippen LogP contribution in [0.15, 0.2) is 53.9 Å². The zero-order chi connectivity index (χ0) is 19.2. The van der Waals surface area contributed by atoms with Crippen LogP contribution in [0.2, 0.25) is 0 Å².